The van der Waals surface area contributed by atoms with E-state index in [-0.39, 0.29) is 12.3 Å². The Kier molecular flexibility index (Phi) is 11.8. The van der Waals surface area contributed by atoms with Crippen LogP contribution in [0.15, 0.2) is 30.3 Å². The number of hydrogen-bond donors (Lipinski definition) is 7. The lowest BCUT2D eigenvalue weighted by Gasteiger charge is -2.27. The highest BCUT2D eigenvalue weighted by molar-refractivity contribution is 5.94. The first-order valence-electron chi connectivity index (χ1n) is 11.2. The Hall–Kier alpha value is -3.51. The van der Waals surface area contributed by atoms with Crippen LogP contribution in [0.4, 0.5) is 0 Å². The van der Waals surface area contributed by atoms with E-state index in [1.807, 2.05) is 0 Å². The molecule has 3 amide bonds. The fourth-order valence-corrected chi connectivity index (χ4v) is 3.08. The van der Waals surface area contributed by atoms with Gasteiger partial charge in [-0.05, 0) is 24.8 Å². The largest absolute Gasteiger partial charge is 0.481 e. The van der Waals surface area contributed by atoms with Crippen molar-refractivity contribution in [3.8, 4) is 0 Å². The zero-order valence-electron chi connectivity index (χ0n) is 19.9. The number of amides is 3. The highest BCUT2D eigenvalue weighted by atomic mass is 16.4. The van der Waals surface area contributed by atoms with Crippen LogP contribution >= 0.6 is 0 Å². The van der Waals surface area contributed by atoms with Crippen molar-refractivity contribution in [1.29, 1.82) is 0 Å². The summed E-state index contributed by atoms with van der Waals surface area (Å²) < 4.78 is 0. The first-order chi connectivity index (χ1) is 16.3. The molecule has 194 valence electrons. The second kappa shape index (κ2) is 14.0. The number of nitrogens with two attached hydrogens (primary N) is 1. The van der Waals surface area contributed by atoms with Crippen molar-refractivity contribution in [3.05, 3.63) is 35.9 Å². The van der Waals surface area contributed by atoms with Gasteiger partial charge < -0.3 is 37.0 Å². The van der Waals surface area contributed by atoms with Crippen LogP contribution in [0.1, 0.15) is 39.2 Å². The number of aliphatic hydroxyl groups excluding tert-OH is 1. The van der Waals surface area contributed by atoms with Gasteiger partial charge in [0.25, 0.3) is 0 Å². The van der Waals surface area contributed by atoms with Crippen molar-refractivity contribution < 1.29 is 39.3 Å². The Morgan fingerprint density at radius 1 is 0.857 bits per heavy atom. The third-order valence-corrected chi connectivity index (χ3v) is 5.26. The summed E-state index contributed by atoms with van der Waals surface area (Å²) in [6.07, 6.45) is -2.27. The highest BCUT2D eigenvalue weighted by Gasteiger charge is 2.33. The molecule has 0 bridgehead atoms. The van der Waals surface area contributed by atoms with Gasteiger partial charge in [0.05, 0.1) is 12.1 Å². The van der Waals surface area contributed by atoms with Gasteiger partial charge in [-0.2, -0.15) is 0 Å². The van der Waals surface area contributed by atoms with Gasteiger partial charge in [-0.15, -0.1) is 0 Å². The molecule has 0 spiro atoms. The maximum absolute atomic E-state index is 13.1. The van der Waals surface area contributed by atoms with Crippen molar-refractivity contribution in [2.24, 2.45) is 11.7 Å². The molecule has 5 atom stereocenters. The van der Waals surface area contributed by atoms with E-state index in [0.29, 0.717) is 5.56 Å². The summed E-state index contributed by atoms with van der Waals surface area (Å²) in [5.41, 5.74) is 6.60. The number of aliphatic hydroxyl groups is 1. The van der Waals surface area contributed by atoms with Crippen molar-refractivity contribution >= 4 is 29.7 Å². The molecule has 0 fully saturated rings. The van der Waals surface area contributed by atoms with Gasteiger partial charge >= 0.3 is 11.9 Å². The Labute approximate surface area is 203 Å². The number of nitrogens with one attached hydrogen (secondary N) is 3. The summed E-state index contributed by atoms with van der Waals surface area (Å²) >= 11 is 0. The molecule has 0 aliphatic heterocycles. The van der Waals surface area contributed by atoms with Crippen LogP contribution in [0.2, 0.25) is 0 Å². The topological polar surface area (TPSA) is 208 Å². The zero-order chi connectivity index (χ0) is 26.7. The normalized spacial score (nSPS) is 15.3. The maximum Gasteiger partial charge on any atom is 0.326 e. The van der Waals surface area contributed by atoms with Crippen LogP contribution < -0.4 is 21.7 Å². The molecule has 8 N–H and O–H groups in total. The molecule has 0 aliphatic rings. The SMILES string of the molecule is CC(C)C(N)C(=O)NC(Cc1ccccc1)C(=O)NC(C(=O)NC(CCC(=O)O)C(=O)O)C(C)O. The van der Waals surface area contributed by atoms with Gasteiger partial charge in [-0.1, -0.05) is 44.2 Å². The van der Waals surface area contributed by atoms with Crippen LogP contribution in [0.3, 0.4) is 0 Å². The minimum Gasteiger partial charge on any atom is -0.481 e. The first kappa shape index (κ1) is 29.5. The predicted octanol–water partition coefficient (Wildman–Crippen LogP) is -1.00. The third-order valence-electron chi connectivity index (χ3n) is 5.26. The van der Waals surface area contributed by atoms with Crippen molar-refractivity contribution in [3.63, 3.8) is 0 Å². The summed E-state index contributed by atoms with van der Waals surface area (Å²) in [4.78, 5) is 60.4. The number of benzene rings is 1. The first-order valence-corrected chi connectivity index (χ1v) is 11.2. The summed E-state index contributed by atoms with van der Waals surface area (Å²) in [6, 6.07) is 3.63. The Balaban J connectivity index is 3.05. The zero-order valence-corrected chi connectivity index (χ0v) is 19.9. The second-order valence-electron chi connectivity index (χ2n) is 8.58. The van der Waals surface area contributed by atoms with Gasteiger partial charge in [-0.3, -0.25) is 19.2 Å². The molecule has 35 heavy (non-hydrogen) atoms. The third kappa shape index (κ3) is 10.1. The standard InChI is InChI=1S/C23H34N4O8/c1-12(2)18(24)21(32)26-16(11-14-7-5-4-6-8-14)20(31)27-19(13(3)28)22(33)25-15(23(34)35)9-10-17(29)30/h4-8,12-13,15-16,18-19,28H,9-11,24H2,1-3H3,(H,25,33)(H,26,32)(H,27,31)(H,29,30)(H,34,35). The van der Waals surface area contributed by atoms with Crippen LogP contribution in [0, 0.1) is 5.92 Å². The lowest BCUT2D eigenvalue weighted by atomic mass is 10.0. The van der Waals surface area contributed by atoms with Gasteiger partial charge in [0.1, 0.15) is 18.1 Å². The van der Waals surface area contributed by atoms with E-state index in [2.05, 4.69) is 16.0 Å². The lowest BCUT2D eigenvalue weighted by molar-refractivity contribution is -0.144. The number of aliphatic carboxylic acids is 2. The van der Waals surface area contributed by atoms with Gasteiger partial charge in [0, 0.05) is 12.8 Å². The Bertz CT molecular complexity index is 891. The van der Waals surface area contributed by atoms with Crippen LogP contribution in [0.25, 0.3) is 0 Å². The van der Waals surface area contributed by atoms with Crippen LogP contribution in [-0.4, -0.2) is 75.3 Å². The average Bonchev–Trinajstić information content (AvgIpc) is 2.78. The molecule has 12 heteroatoms. The summed E-state index contributed by atoms with van der Waals surface area (Å²) in [6.45, 7) is 4.71. The average molecular weight is 495 g/mol. The molecular weight excluding hydrogens is 460 g/mol. The van der Waals surface area contributed by atoms with E-state index in [0.717, 1.165) is 0 Å². The van der Waals surface area contributed by atoms with E-state index in [1.165, 1.54) is 6.92 Å². The second-order valence-corrected chi connectivity index (χ2v) is 8.58. The molecule has 0 saturated carbocycles. The lowest BCUT2D eigenvalue weighted by Crippen LogP contribution is -2.60. The molecular formula is C23H34N4O8. The van der Waals surface area contributed by atoms with Gasteiger partial charge in [-0.25, -0.2) is 4.79 Å². The summed E-state index contributed by atoms with van der Waals surface area (Å²) in [5, 5.41) is 35.2. The molecule has 0 aromatic heterocycles. The van der Waals surface area contributed by atoms with Crippen molar-refractivity contribution in [2.75, 3.05) is 0 Å². The van der Waals surface area contributed by atoms with E-state index in [4.69, 9.17) is 10.8 Å². The Morgan fingerprint density at radius 2 is 1.43 bits per heavy atom. The van der Waals surface area contributed by atoms with Crippen LogP contribution in [-0.2, 0) is 30.4 Å². The van der Waals surface area contributed by atoms with Gasteiger partial charge in [0.2, 0.25) is 17.7 Å². The summed E-state index contributed by atoms with van der Waals surface area (Å²) in [7, 11) is 0. The molecule has 12 nitrogen and oxygen atoms in total. The molecule has 5 unspecified atom stereocenters. The number of carboxylic acid groups (broad SMARTS) is 2. The minimum absolute atomic E-state index is 0.0632. The van der Waals surface area contributed by atoms with E-state index in [9.17, 15) is 34.2 Å². The number of hydrogen-bond acceptors (Lipinski definition) is 7. The molecule has 0 radical (unpaired) electrons. The highest BCUT2D eigenvalue weighted by Crippen LogP contribution is 2.07. The molecule has 1 aromatic rings. The number of rotatable bonds is 14. The molecule has 1 aromatic carbocycles. The quantitative estimate of drug-likeness (QED) is 0.169. The molecule has 1 rings (SSSR count). The number of carbonyl (C=O) groups is 5. The van der Waals surface area contributed by atoms with Gasteiger partial charge in [0.15, 0.2) is 0 Å². The molecule has 0 heterocycles. The molecule has 0 aliphatic carbocycles. The van der Waals surface area contributed by atoms with Crippen LogP contribution in [0.5, 0.6) is 0 Å². The van der Waals surface area contributed by atoms with Crippen molar-refractivity contribution in [1.82, 2.24) is 16.0 Å². The van der Waals surface area contributed by atoms with Crippen molar-refractivity contribution in [2.45, 2.75) is 70.3 Å². The number of carboxylic acids is 2. The fourth-order valence-electron chi connectivity index (χ4n) is 3.08. The number of carbonyl (C=O) groups excluding carboxylic acids is 3. The summed E-state index contributed by atoms with van der Waals surface area (Å²) in [5.74, 6) is -5.30. The van der Waals surface area contributed by atoms with E-state index < -0.39 is 72.8 Å². The smallest absolute Gasteiger partial charge is 0.326 e. The predicted molar refractivity (Wildman–Crippen MR) is 125 cm³/mol. The minimum atomic E-state index is -1.57. The van der Waals surface area contributed by atoms with E-state index in [1.54, 1.807) is 44.2 Å². The Morgan fingerprint density at radius 3 is 1.91 bits per heavy atom. The van der Waals surface area contributed by atoms with E-state index >= 15 is 0 Å². The fraction of sp³-hybridized carbons (Fsp3) is 0.522. The monoisotopic (exact) mass is 494 g/mol. The maximum atomic E-state index is 13.1. The molecule has 0 saturated heterocycles.